The normalized spacial score (nSPS) is 14.5. The van der Waals surface area contributed by atoms with Gasteiger partial charge in [0.25, 0.3) is 0 Å². The van der Waals surface area contributed by atoms with E-state index in [2.05, 4.69) is 0 Å². The van der Waals surface area contributed by atoms with Crippen LogP contribution in [0.1, 0.15) is 18.9 Å². The Bertz CT molecular complexity index is 380. The van der Waals surface area contributed by atoms with Crippen LogP contribution in [0.15, 0.2) is 18.2 Å². The Morgan fingerprint density at radius 2 is 2.14 bits per heavy atom. The lowest BCUT2D eigenvalue weighted by molar-refractivity contribution is 0.437. The molecule has 0 aliphatic heterocycles. The summed E-state index contributed by atoms with van der Waals surface area (Å²) in [4.78, 5) is 0. The third-order valence-electron chi connectivity index (χ3n) is 2.01. The van der Waals surface area contributed by atoms with Crippen molar-refractivity contribution < 1.29 is 8.78 Å². The first-order chi connectivity index (χ1) is 6.49. The van der Waals surface area contributed by atoms with Crippen molar-refractivity contribution in [3.63, 3.8) is 0 Å². The fourth-order valence-electron chi connectivity index (χ4n) is 1.20. The second kappa shape index (κ2) is 3.72. The van der Waals surface area contributed by atoms with E-state index < -0.39 is 17.2 Å². The summed E-state index contributed by atoms with van der Waals surface area (Å²) in [7, 11) is 0. The second-order valence-corrected chi connectivity index (χ2v) is 3.35. The van der Waals surface area contributed by atoms with Crippen LogP contribution in [-0.2, 0) is 5.54 Å². The summed E-state index contributed by atoms with van der Waals surface area (Å²) in [5.41, 5.74) is 4.56. The predicted molar refractivity (Wildman–Crippen MR) is 48.1 cm³/mol. The molecule has 0 bridgehead atoms. The third-order valence-corrected chi connectivity index (χ3v) is 2.01. The molecule has 1 atom stereocenters. The summed E-state index contributed by atoms with van der Waals surface area (Å²) in [5.74, 6) is -1.93. The molecule has 0 radical (unpaired) electrons. The van der Waals surface area contributed by atoms with Gasteiger partial charge in [-0.1, -0.05) is 12.1 Å². The van der Waals surface area contributed by atoms with Crippen molar-refractivity contribution in [2.45, 2.75) is 18.9 Å². The zero-order chi connectivity index (χ0) is 10.8. The van der Waals surface area contributed by atoms with E-state index in [4.69, 9.17) is 11.0 Å². The van der Waals surface area contributed by atoms with E-state index >= 15 is 0 Å². The Balaban J connectivity index is 3.20. The standard InChI is InChI=1S/C10H10F2N2/c1-10(14,5-6-13)7-3-2-4-8(11)9(7)12/h2-4H,5,14H2,1H3/t10-/m1/s1. The number of nitriles is 1. The Kier molecular flexibility index (Phi) is 2.82. The largest absolute Gasteiger partial charge is 0.321 e. The molecule has 0 spiro atoms. The number of nitrogens with zero attached hydrogens (tertiary/aromatic N) is 1. The van der Waals surface area contributed by atoms with Crippen molar-refractivity contribution in [3.8, 4) is 6.07 Å². The van der Waals surface area contributed by atoms with Gasteiger partial charge in [0.2, 0.25) is 0 Å². The average molecular weight is 196 g/mol. The van der Waals surface area contributed by atoms with E-state index in [0.29, 0.717) is 0 Å². The lowest BCUT2D eigenvalue weighted by Crippen LogP contribution is -2.33. The summed E-state index contributed by atoms with van der Waals surface area (Å²) < 4.78 is 26.1. The van der Waals surface area contributed by atoms with Crippen molar-refractivity contribution in [1.29, 1.82) is 5.26 Å². The molecule has 0 amide bonds. The van der Waals surface area contributed by atoms with Crippen LogP contribution in [0.5, 0.6) is 0 Å². The van der Waals surface area contributed by atoms with Gasteiger partial charge >= 0.3 is 0 Å². The van der Waals surface area contributed by atoms with Gasteiger partial charge in [0.05, 0.1) is 18.0 Å². The van der Waals surface area contributed by atoms with Crippen LogP contribution in [0.2, 0.25) is 0 Å². The molecule has 2 nitrogen and oxygen atoms in total. The average Bonchev–Trinajstić information content (AvgIpc) is 2.09. The maximum absolute atomic E-state index is 13.3. The van der Waals surface area contributed by atoms with Crippen LogP contribution in [-0.4, -0.2) is 0 Å². The first-order valence-electron chi connectivity index (χ1n) is 4.09. The minimum absolute atomic E-state index is 0.0269. The fraction of sp³-hybridized carbons (Fsp3) is 0.300. The molecule has 0 fully saturated rings. The molecule has 0 unspecified atom stereocenters. The molecule has 74 valence electrons. The summed E-state index contributed by atoms with van der Waals surface area (Å²) >= 11 is 0. The van der Waals surface area contributed by atoms with Crippen molar-refractivity contribution in [3.05, 3.63) is 35.4 Å². The molecular formula is C10H10F2N2. The Morgan fingerprint density at radius 1 is 1.50 bits per heavy atom. The van der Waals surface area contributed by atoms with Crippen molar-refractivity contribution >= 4 is 0 Å². The van der Waals surface area contributed by atoms with Crippen LogP contribution in [0.25, 0.3) is 0 Å². The Hall–Kier alpha value is -1.47. The van der Waals surface area contributed by atoms with Crippen LogP contribution in [0.4, 0.5) is 8.78 Å². The molecule has 1 aromatic carbocycles. The number of hydrogen-bond donors (Lipinski definition) is 1. The molecule has 0 aromatic heterocycles. The molecule has 0 aliphatic carbocycles. The van der Waals surface area contributed by atoms with E-state index in [9.17, 15) is 8.78 Å². The topological polar surface area (TPSA) is 49.8 Å². The molecule has 2 N–H and O–H groups in total. The molecule has 14 heavy (non-hydrogen) atoms. The molecule has 0 aliphatic rings. The van der Waals surface area contributed by atoms with E-state index in [-0.39, 0.29) is 12.0 Å². The maximum atomic E-state index is 13.3. The second-order valence-electron chi connectivity index (χ2n) is 3.35. The third kappa shape index (κ3) is 1.88. The first kappa shape index (κ1) is 10.6. The van der Waals surface area contributed by atoms with Gasteiger partial charge in [0, 0.05) is 5.56 Å². The number of hydrogen-bond acceptors (Lipinski definition) is 2. The van der Waals surface area contributed by atoms with Gasteiger partial charge < -0.3 is 5.73 Å². The van der Waals surface area contributed by atoms with E-state index in [1.165, 1.54) is 19.1 Å². The molecule has 4 heteroatoms. The number of nitrogens with two attached hydrogens (primary N) is 1. The van der Waals surface area contributed by atoms with Crippen molar-refractivity contribution in [2.24, 2.45) is 5.73 Å². The van der Waals surface area contributed by atoms with E-state index in [1.54, 1.807) is 0 Å². The molecular weight excluding hydrogens is 186 g/mol. The van der Waals surface area contributed by atoms with Crippen LogP contribution >= 0.6 is 0 Å². The zero-order valence-electron chi connectivity index (χ0n) is 7.72. The minimum Gasteiger partial charge on any atom is -0.321 e. The van der Waals surface area contributed by atoms with E-state index in [1.807, 2.05) is 6.07 Å². The fourth-order valence-corrected chi connectivity index (χ4v) is 1.20. The lowest BCUT2D eigenvalue weighted by atomic mass is 9.90. The quantitative estimate of drug-likeness (QED) is 0.786. The smallest absolute Gasteiger partial charge is 0.163 e. The van der Waals surface area contributed by atoms with Crippen molar-refractivity contribution in [2.75, 3.05) is 0 Å². The Labute approximate surface area is 81.0 Å². The van der Waals surface area contributed by atoms with Gasteiger partial charge in [-0.15, -0.1) is 0 Å². The van der Waals surface area contributed by atoms with Gasteiger partial charge in [0.15, 0.2) is 11.6 Å². The molecule has 0 saturated carbocycles. The Morgan fingerprint density at radius 3 is 2.71 bits per heavy atom. The van der Waals surface area contributed by atoms with Crippen molar-refractivity contribution in [1.82, 2.24) is 0 Å². The predicted octanol–water partition coefficient (Wildman–Crippen LogP) is 2.05. The number of halogens is 2. The highest BCUT2D eigenvalue weighted by Gasteiger charge is 2.25. The monoisotopic (exact) mass is 196 g/mol. The molecule has 1 rings (SSSR count). The SMILES string of the molecule is C[C@@](N)(CC#N)c1cccc(F)c1F. The van der Waals surface area contributed by atoms with Crippen LogP contribution < -0.4 is 5.73 Å². The summed E-state index contributed by atoms with van der Waals surface area (Å²) in [6, 6.07) is 5.61. The van der Waals surface area contributed by atoms with Gasteiger partial charge in [-0.25, -0.2) is 8.78 Å². The van der Waals surface area contributed by atoms with Gasteiger partial charge in [0.1, 0.15) is 0 Å². The van der Waals surface area contributed by atoms with E-state index in [0.717, 1.165) is 6.07 Å². The molecule has 0 saturated heterocycles. The van der Waals surface area contributed by atoms with Gasteiger partial charge in [-0.2, -0.15) is 5.26 Å². The maximum Gasteiger partial charge on any atom is 0.163 e. The number of rotatable bonds is 2. The molecule has 0 heterocycles. The highest BCUT2D eigenvalue weighted by atomic mass is 19.2. The zero-order valence-corrected chi connectivity index (χ0v) is 7.72. The summed E-state index contributed by atoms with van der Waals surface area (Å²) in [5, 5.41) is 8.48. The van der Waals surface area contributed by atoms with Gasteiger partial charge in [-0.3, -0.25) is 0 Å². The minimum atomic E-state index is -1.15. The highest BCUT2D eigenvalue weighted by molar-refractivity contribution is 5.27. The van der Waals surface area contributed by atoms with Crippen LogP contribution in [0.3, 0.4) is 0 Å². The van der Waals surface area contributed by atoms with Crippen LogP contribution in [0, 0.1) is 23.0 Å². The number of benzene rings is 1. The lowest BCUT2D eigenvalue weighted by Gasteiger charge is -2.22. The highest BCUT2D eigenvalue weighted by Crippen LogP contribution is 2.25. The summed E-state index contributed by atoms with van der Waals surface area (Å²) in [6.07, 6.45) is -0.0621. The first-order valence-corrected chi connectivity index (χ1v) is 4.09. The summed E-state index contributed by atoms with van der Waals surface area (Å²) in [6.45, 7) is 1.49. The molecule has 1 aromatic rings. The van der Waals surface area contributed by atoms with Gasteiger partial charge in [-0.05, 0) is 13.0 Å².